The van der Waals surface area contributed by atoms with Gasteiger partial charge in [-0.15, -0.1) is 0 Å². The molecule has 0 aliphatic heterocycles. The number of amides is 1. The Morgan fingerprint density at radius 1 is 1.03 bits per heavy atom. The number of hydrogen-bond donors (Lipinski definition) is 1. The second-order valence-electron chi connectivity index (χ2n) is 7.18. The number of halogens is 1. The molecule has 0 aliphatic rings. The Labute approximate surface area is 176 Å². The Bertz CT molecular complexity index is 1390. The highest BCUT2D eigenvalue weighted by atomic mass is 19.1. The number of nitrogens with zero attached hydrogens (tertiary/aromatic N) is 3. The molecular formula is C23H19FN4O3. The van der Waals surface area contributed by atoms with Gasteiger partial charge >= 0.3 is 5.69 Å². The summed E-state index contributed by atoms with van der Waals surface area (Å²) in [5, 5.41) is 2.77. The molecule has 2 heterocycles. The van der Waals surface area contributed by atoms with Crippen molar-refractivity contribution >= 4 is 22.6 Å². The summed E-state index contributed by atoms with van der Waals surface area (Å²) >= 11 is 0. The number of pyridine rings is 1. The number of nitrogens with one attached hydrogen (secondary N) is 1. The molecule has 0 saturated heterocycles. The molecule has 1 N–H and O–H groups in total. The number of benzene rings is 2. The summed E-state index contributed by atoms with van der Waals surface area (Å²) in [6.45, 7) is 1.55. The molecule has 4 rings (SSSR count). The van der Waals surface area contributed by atoms with Crippen LogP contribution in [0.5, 0.6) is 0 Å². The molecule has 0 unspecified atom stereocenters. The van der Waals surface area contributed by atoms with Crippen LogP contribution in [0.2, 0.25) is 0 Å². The van der Waals surface area contributed by atoms with E-state index in [1.807, 2.05) is 25.1 Å². The van der Waals surface area contributed by atoms with Crippen molar-refractivity contribution in [2.24, 2.45) is 0 Å². The number of hydrogen-bond acceptors (Lipinski definition) is 4. The third kappa shape index (κ3) is 4.28. The number of aromatic nitrogens is 3. The molecule has 2 aromatic heterocycles. The van der Waals surface area contributed by atoms with Crippen LogP contribution in [0.15, 0.2) is 76.4 Å². The molecule has 1 amide bonds. The van der Waals surface area contributed by atoms with Gasteiger partial charge in [-0.05, 0) is 54.4 Å². The molecular weight excluding hydrogens is 399 g/mol. The van der Waals surface area contributed by atoms with E-state index in [0.717, 1.165) is 10.1 Å². The van der Waals surface area contributed by atoms with Crippen LogP contribution in [0.25, 0.3) is 11.0 Å². The van der Waals surface area contributed by atoms with E-state index < -0.39 is 23.0 Å². The number of fused-ring (bicyclic) bond motifs is 1. The summed E-state index contributed by atoms with van der Waals surface area (Å²) in [7, 11) is 0. The molecule has 7 nitrogen and oxygen atoms in total. The van der Waals surface area contributed by atoms with Crippen molar-refractivity contribution in [3.8, 4) is 0 Å². The average Bonchev–Trinajstić information content (AvgIpc) is 2.75. The zero-order valence-corrected chi connectivity index (χ0v) is 16.7. The molecule has 4 aromatic rings. The third-order valence-electron chi connectivity index (χ3n) is 4.84. The zero-order valence-electron chi connectivity index (χ0n) is 16.7. The minimum absolute atomic E-state index is 0.0655. The maximum absolute atomic E-state index is 13.2. The molecule has 0 spiro atoms. The zero-order chi connectivity index (χ0) is 22.0. The molecule has 156 valence electrons. The second-order valence-corrected chi connectivity index (χ2v) is 7.18. The van der Waals surface area contributed by atoms with Crippen LogP contribution < -0.4 is 16.6 Å². The minimum atomic E-state index is -0.644. The summed E-state index contributed by atoms with van der Waals surface area (Å²) in [6.07, 6.45) is 1.45. The Morgan fingerprint density at radius 2 is 1.81 bits per heavy atom. The van der Waals surface area contributed by atoms with Crippen LogP contribution in [0.3, 0.4) is 0 Å². The van der Waals surface area contributed by atoms with Gasteiger partial charge in [-0.3, -0.25) is 18.7 Å². The van der Waals surface area contributed by atoms with Crippen molar-refractivity contribution in [3.05, 3.63) is 105 Å². The second kappa shape index (κ2) is 8.35. The van der Waals surface area contributed by atoms with Gasteiger partial charge in [-0.25, -0.2) is 14.2 Å². The van der Waals surface area contributed by atoms with Crippen LogP contribution in [-0.2, 0) is 17.9 Å². The molecule has 0 saturated carbocycles. The predicted molar refractivity (Wildman–Crippen MR) is 116 cm³/mol. The van der Waals surface area contributed by atoms with Crippen LogP contribution in [0.4, 0.5) is 10.1 Å². The van der Waals surface area contributed by atoms with Gasteiger partial charge < -0.3 is 5.32 Å². The fourth-order valence-electron chi connectivity index (χ4n) is 3.37. The SMILES string of the molecule is Cc1cccc(NC(=O)Cn2c(=O)n(Cc3ccc(F)cc3)c(=O)c3ncccc32)c1. The normalized spacial score (nSPS) is 10.9. The molecule has 0 bridgehead atoms. The van der Waals surface area contributed by atoms with Crippen LogP contribution in [0, 0.1) is 12.7 Å². The summed E-state index contributed by atoms with van der Waals surface area (Å²) in [5.41, 5.74) is 1.30. The monoisotopic (exact) mass is 418 g/mol. The highest BCUT2D eigenvalue weighted by Gasteiger charge is 2.16. The van der Waals surface area contributed by atoms with E-state index in [9.17, 15) is 18.8 Å². The number of aryl methyl sites for hydroxylation is 1. The first-order valence-electron chi connectivity index (χ1n) is 9.62. The molecule has 2 aromatic carbocycles. The lowest BCUT2D eigenvalue weighted by molar-refractivity contribution is -0.116. The van der Waals surface area contributed by atoms with E-state index in [0.29, 0.717) is 11.3 Å². The lowest BCUT2D eigenvalue weighted by Gasteiger charge is -2.14. The van der Waals surface area contributed by atoms with Crippen LogP contribution >= 0.6 is 0 Å². The predicted octanol–water partition coefficient (Wildman–Crippen LogP) is 2.69. The van der Waals surface area contributed by atoms with Crippen molar-refractivity contribution in [2.45, 2.75) is 20.0 Å². The van der Waals surface area contributed by atoms with Crippen molar-refractivity contribution in [2.75, 3.05) is 5.32 Å². The first-order valence-corrected chi connectivity index (χ1v) is 9.62. The molecule has 0 fully saturated rings. The largest absolute Gasteiger partial charge is 0.332 e. The number of anilines is 1. The smallest absolute Gasteiger partial charge is 0.325 e. The van der Waals surface area contributed by atoms with Crippen molar-refractivity contribution in [1.29, 1.82) is 0 Å². The van der Waals surface area contributed by atoms with Crippen molar-refractivity contribution in [3.63, 3.8) is 0 Å². The van der Waals surface area contributed by atoms with Gasteiger partial charge in [0, 0.05) is 11.9 Å². The van der Waals surface area contributed by atoms with E-state index in [1.54, 1.807) is 18.2 Å². The topological polar surface area (TPSA) is 86.0 Å². The van der Waals surface area contributed by atoms with Gasteiger partial charge in [-0.2, -0.15) is 0 Å². The quantitative estimate of drug-likeness (QED) is 0.540. The van der Waals surface area contributed by atoms with E-state index in [1.165, 1.54) is 35.0 Å². The maximum atomic E-state index is 13.2. The fourth-order valence-corrected chi connectivity index (χ4v) is 3.37. The van der Waals surface area contributed by atoms with Gasteiger partial charge in [0.15, 0.2) is 5.52 Å². The molecule has 0 aliphatic carbocycles. The van der Waals surface area contributed by atoms with Gasteiger partial charge in [0.25, 0.3) is 5.56 Å². The number of carbonyl (C=O) groups is 1. The molecule has 31 heavy (non-hydrogen) atoms. The minimum Gasteiger partial charge on any atom is -0.325 e. The van der Waals surface area contributed by atoms with Crippen LogP contribution in [0.1, 0.15) is 11.1 Å². The van der Waals surface area contributed by atoms with Gasteiger partial charge in [-0.1, -0.05) is 24.3 Å². The lowest BCUT2D eigenvalue weighted by atomic mass is 10.2. The van der Waals surface area contributed by atoms with Crippen LogP contribution in [-0.4, -0.2) is 20.0 Å². The fraction of sp³-hybridized carbons (Fsp3) is 0.130. The van der Waals surface area contributed by atoms with E-state index in [4.69, 9.17) is 0 Å². The molecule has 8 heteroatoms. The Hall–Kier alpha value is -4.07. The van der Waals surface area contributed by atoms with Crippen molar-refractivity contribution < 1.29 is 9.18 Å². The lowest BCUT2D eigenvalue weighted by Crippen LogP contribution is -2.42. The van der Waals surface area contributed by atoms with Gasteiger partial charge in [0.2, 0.25) is 5.91 Å². The van der Waals surface area contributed by atoms with Crippen molar-refractivity contribution in [1.82, 2.24) is 14.1 Å². The Kier molecular flexibility index (Phi) is 5.44. The van der Waals surface area contributed by atoms with Gasteiger partial charge in [0.1, 0.15) is 12.4 Å². The first-order chi connectivity index (χ1) is 14.9. The Morgan fingerprint density at radius 3 is 2.55 bits per heavy atom. The molecule has 0 atom stereocenters. The summed E-state index contributed by atoms with van der Waals surface area (Å²) in [4.78, 5) is 42.8. The highest BCUT2D eigenvalue weighted by Crippen LogP contribution is 2.11. The molecule has 0 radical (unpaired) electrons. The summed E-state index contributed by atoms with van der Waals surface area (Å²) < 4.78 is 15.4. The highest BCUT2D eigenvalue weighted by molar-refractivity contribution is 5.91. The standard InChI is InChI=1S/C23H19FN4O3/c1-15-4-2-5-18(12-15)26-20(29)14-27-19-6-3-11-25-21(19)22(30)28(23(27)31)13-16-7-9-17(24)10-8-16/h2-12H,13-14H2,1H3,(H,26,29). The summed E-state index contributed by atoms with van der Waals surface area (Å²) in [5.74, 6) is -0.827. The van der Waals surface area contributed by atoms with Gasteiger partial charge in [0.05, 0.1) is 12.1 Å². The summed E-state index contributed by atoms with van der Waals surface area (Å²) in [6, 6.07) is 16.0. The van der Waals surface area contributed by atoms with E-state index in [2.05, 4.69) is 10.3 Å². The van der Waals surface area contributed by atoms with E-state index in [-0.39, 0.29) is 24.1 Å². The Balaban J connectivity index is 1.75. The first kappa shape index (κ1) is 20.2. The average molecular weight is 418 g/mol. The number of rotatable bonds is 5. The van der Waals surface area contributed by atoms with E-state index >= 15 is 0 Å². The maximum Gasteiger partial charge on any atom is 0.332 e. The number of carbonyl (C=O) groups excluding carboxylic acids is 1. The third-order valence-corrected chi connectivity index (χ3v) is 4.84.